The second-order valence-electron chi connectivity index (χ2n) is 6.18. The fourth-order valence-electron chi connectivity index (χ4n) is 2.94. The van der Waals surface area contributed by atoms with Crippen LogP contribution in [0.25, 0.3) is 4.96 Å². The molecule has 4 aromatic rings. The van der Waals surface area contributed by atoms with Gasteiger partial charge in [-0.15, -0.1) is 11.3 Å². The number of rotatable bonds is 4. The maximum absolute atomic E-state index is 13.3. The Bertz CT molecular complexity index is 1150. The Balaban J connectivity index is 1.79. The molecular weight excluding hydrogens is 358 g/mol. The van der Waals surface area contributed by atoms with Crippen molar-refractivity contribution in [3.8, 4) is 0 Å². The summed E-state index contributed by atoms with van der Waals surface area (Å²) < 4.78 is 1.44. The molecule has 27 heavy (non-hydrogen) atoms. The number of para-hydroxylation sites is 1. The summed E-state index contributed by atoms with van der Waals surface area (Å²) in [7, 11) is 0. The Morgan fingerprint density at radius 3 is 2.44 bits per heavy atom. The van der Waals surface area contributed by atoms with Crippen LogP contribution < -0.4 is 10.5 Å². The number of aromatic nitrogens is 2. The van der Waals surface area contributed by atoms with E-state index in [1.54, 1.807) is 11.1 Å². The molecule has 0 N–H and O–H groups in total. The zero-order chi connectivity index (χ0) is 18.8. The third-order valence-electron chi connectivity index (χ3n) is 4.25. The summed E-state index contributed by atoms with van der Waals surface area (Å²) in [5.74, 6) is -0.360. The molecule has 2 heterocycles. The van der Waals surface area contributed by atoms with Gasteiger partial charge in [-0.3, -0.25) is 14.0 Å². The van der Waals surface area contributed by atoms with E-state index in [2.05, 4.69) is 4.98 Å². The lowest BCUT2D eigenvalue weighted by molar-refractivity contribution is 0.0983. The van der Waals surface area contributed by atoms with Crippen LogP contribution in [0, 0.1) is 6.92 Å². The molecule has 0 bridgehead atoms. The smallest absolute Gasteiger partial charge is 0.271 e. The van der Waals surface area contributed by atoms with Gasteiger partial charge in [0.25, 0.3) is 11.5 Å². The summed E-state index contributed by atoms with van der Waals surface area (Å²) in [6.07, 6.45) is 3.10. The Kier molecular flexibility index (Phi) is 4.56. The quantitative estimate of drug-likeness (QED) is 0.543. The van der Waals surface area contributed by atoms with Crippen LogP contribution in [0.4, 0.5) is 5.69 Å². The molecule has 0 fully saturated rings. The SMILES string of the molecule is Cc1cn2c(=O)c(C(=O)N(Cc3ccccc3)c3ccccc3)cnc2s1. The van der Waals surface area contributed by atoms with Crippen LogP contribution in [0.5, 0.6) is 0 Å². The number of nitrogens with zero attached hydrogens (tertiary/aromatic N) is 3. The van der Waals surface area contributed by atoms with Gasteiger partial charge in [0.15, 0.2) is 4.96 Å². The van der Waals surface area contributed by atoms with Crippen molar-refractivity contribution >= 4 is 27.9 Å². The van der Waals surface area contributed by atoms with Crippen molar-refractivity contribution < 1.29 is 4.79 Å². The van der Waals surface area contributed by atoms with E-state index in [0.717, 1.165) is 16.1 Å². The normalized spacial score (nSPS) is 10.9. The standard InChI is InChI=1S/C21H17N3O2S/c1-15-13-24-20(26)18(12-22-21(24)27-15)19(25)23(17-10-6-3-7-11-17)14-16-8-4-2-5-9-16/h2-13H,14H2,1H3. The Morgan fingerprint density at radius 1 is 1.07 bits per heavy atom. The third-order valence-corrected chi connectivity index (χ3v) is 5.16. The van der Waals surface area contributed by atoms with Crippen molar-refractivity contribution in [3.63, 3.8) is 0 Å². The zero-order valence-corrected chi connectivity index (χ0v) is 15.5. The Hall–Kier alpha value is -3.25. The summed E-state index contributed by atoms with van der Waals surface area (Å²) in [4.78, 5) is 33.6. The Morgan fingerprint density at radius 2 is 1.74 bits per heavy atom. The van der Waals surface area contributed by atoms with Gasteiger partial charge in [-0.1, -0.05) is 48.5 Å². The number of anilines is 1. The van der Waals surface area contributed by atoms with E-state index in [1.807, 2.05) is 67.6 Å². The van der Waals surface area contributed by atoms with Crippen LogP contribution in [-0.2, 0) is 6.54 Å². The van der Waals surface area contributed by atoms with E-state index in [1.165, 1.54) is 21.9 Å². The highest BCUT2D eigenvalue weighted by atomic mass is 32.1. The van der Waals surface area contributed by atoms with Crippen LogP contribution in [0.15, 0.2) is 77.9 Å². The summed E-state index contributed by atoms with van der Waals surface area (Å²) >= 11 is 1.42. The van der Waals surface area contributed by atoms with Gasteiger partial charge in [0.1, 0.15) is 5.56 Å². The summed E-state index contributed by atoms with van der Waals surface area (Å²) in [6.45, 7) is 2.28. The number of carbonyl (C=O) groups is 1. The van der Waals surface area contributed by atoms with Crippen molar-refractivity contribution in [3.05, 3.63) is 99.4 Å². The number of hydrogen-bond donors (Lipinski definition) is 0. The largest absolute Gasteiger partial charge is 0.304 e. The van der Waals surface area contributed by atoms with Crippen LogP contribution >= 0.6 is 11.3 Å². The van der Waals surface area contributed by atoms with Gasteiger partial charge in [0.2, 0.25) is 0 Å². The van der Waals surface area contributed by atoms with Crippen LogP contribution in [0.3, 0.4) is 0 Å². The average Bonchev–Trinajstić information content (AvgIpc) is 3.09. The van der Waals surface area contributed by atoms with Crippen LogP contribution in [-0.4, -0.2) is 15.3 Å². The molecule has 2 aromatic heterocycles. The summed E-state index contributed by atoms with van der Waals surface area (Å²) in [5.41, 5.74) is 1.43. The third kappa shape index (κ3) is 3.39. The molecule has 1 amide bonds. The molecule has 0 saturated carbocycles. The van der Waals surface area contributed by atoms with Gasteiger partial charge >= 0.3 is 0 Å². The number of aryl methyl sites for hydroxylation is 1. The van der Waals surface area contributed by atoms with Crippen molar-refractivity contribution in [1.29, 1.82) is 0 Å². The monoisotopic (exact) mass is 375 g/mol. The predicted molar refractivity (Wildman–Crippen MR) is 107 cm³/mol. The molecular formula is C21H17N3O2S. The Labute approximate surface area is 160 Å². The van der Waals surface area contributed by atoms with Gasteiger partial charge in [0.05, 0.1) is 6.54 Å². The maximum Gasteiger partial charge on any atom is 0.271 e. The van der Waals surface area contributed by atoms with E-state index in [9.17, 15) is 9.59 Å². The van der Waals surface area contributed by atoms with Gasteiger partial charge < -0.3 is 4.90 Å². The van der Waals surface area contributed by atoms with Gasteiger partial charge in [-0.05, 0) is 24.6 Å². The van der Waals surface area contributed by atoms with Crippen molar-refractivity contribution in [2.75, 3.05) is 4.90 Å². The summed E-state index contributed by atoms with van der Waals surface area (Å²) in [6, 6.07) is 19.1. The lowest BCUT2D eigenvalue weighted by Crippen LogP contribution is -2.35. The topological polar surface area (TPSA) is 54.7 Å². The molecule has 0 radical (unpaired) electrons. The zero-order valence-electron chi connectivity index (χ0n) is 14.7. The van der Waals surface area contributed by atoms with Gasteiger partial charge in [-0.25, -0.2) is 4.98 Å². The number of hydrogen-bond acceptors (Lipinski definition) is 4. The molecule has 0 aliphatic rings. The fraction of sp³-hybridized carbons (Fsp3) is 0.0952. The minimum absolute atomic E-state index is 0.0603. The van der Waals surface area contributed by atoms with E-state index in [0.29, 0.717) is 11.5 Å². The molecule has 0 unspecified atom stereocenters. The number of benzene rings is 2. The molecule has 0 spiro atoms. The molecule has 4 rings (SSSR count). The number of amides is 1. The summed E-state index contributed by atoms with van der Waals surface area (Å²) in [5, 5.41) is 0. The van der Waals surface area contributed by atoms with Crippen LogP contribution in [0.1, 0.15) is 20.8 Å². The molecule has 134 valence electrons. The van der Waals surface area contributed by atoms with E-state index in [-0.39, 0.29) is 17.0 Å². The first-order valence-corrected chi connectivity index (χ1v) is 9.34. The van der Waals surface area contributed by atoms with E-state index >= 15 is 0 Å². The first kappa shape index (κ1) is 17.2. The van der Waals surface area contributed by atoms with Gasteiger partial charge in [0, 0.05) is 23.0 Å². The minimum atomic E-state index is -0.360. The van der Waals surface area contributed by atoms with Crippen molar-refractivity contribution in [2.24, 2.45) is 0 Å². The maximum atomic E-state index is 13.3. The lowest BCUT2D eigenvalue weighted by Gasteiger charge is -2.22. The molecule has 0 saturated heterocycles. The number of carbonyl (C=O) groups excluding carboxylic acids is 1. The fourth-order valence-corrected chi connectivity index (χ4v) is 3.73. The number of thiazole rings is 1. The highest BCUT2D eigenvalue weighted by Gasteiger charge is 2.22. The van der Waals surface area contributed by atoms with E-state index in [4.69, 9.17) is 0 Å². The second-order valence-corrected chi connectivity index (χ2v) is 7.40. The van der Waals surface area contributed by atoms with Gasteiger partial charge in [-0.2, -0.15) is 0 Å². The number of fused-ring (bicyclic) bond motifs is 1. The first-order chi connectivity index (χ1) is 13.1. The minimum Gasteiger partial charge on any atom is -0.304 e. The highest BCUT2D eigenvalue weighted by Crippen LogP contribution is 2.20. The van der Waals surface area contributed by atoms with Crippen molar-refractivity contribution in [2.45, 2.75) is 13.5 Å². The van der Waals surface area contributed by atoms with E-state index < -0.39 is 0 Å². The van der Waals surface area contributed by atoms with Crippen LogP contribution in [0.2, 0.25) is 0 Å². The molecule has 2 aromatic carbocycles. The molecule has 0 aliphatic heterocycles. The lowest BCUT2D eigenvalue weighted by atomic mass is 10.1. The average molecular weight is 375 g/mol. The molecule has 0 atom stereocenters. The first-order valence-electron chi connectivity index (χ1n) is 8.52. The molecule has 0 aliphatic carbocycles. The second kappa shape index (κ2) is 7.17. The molecule has 6 heteroatoms. The highest BCUT2D eigenvalue weighted by molar-refractivity contribution is 7.16. The predicted octanol–water partition coefficient (Wildman–Crippen LogP) is 3.91. The molecule has 5 nitrogen and oxygen atoms in total. The van der Waals surface area contributed by atoms with Crippen molar-refractivity contribution in [1.82, 2.24) is 9.38 Å².